The number of rotatable bonds is 6. The molecular formula is C25H19FN8OS. The van der Waals surface area contributed by atoms with Crippen molar-refractivity contribution in [3.8, 4) is 33.3 Å². The van der Waals surface area contributed by atoms with Crippen molar-refractivity contribution in [2.24, 2.45) is 5.92 Å². The summed E-state index contributed by atoms with van der Waals surface area (Å²) in [6, 6.07) is 8.83. The lowest BCUT2D eigenvalue weighted by atomic mass is 10.1. The van der Waals surface area contributed by atoms with Crippen LogP contribution in [-0.4, -0.2) is 46.5 Å². The van der Waals surface area contributed by atoms with E-state index in [1.165, 1.54) is 6.07 Å². The second kappa shape index (κ2) is 8.18. The first kappa shape index (κ1) is 21.1. The highest BCUT2D eigenvalue weighted by atomic mass is 32.1. The fourth-order valence-corrected chi connectivity index (χ4v) is 5.01. The molecule has 0 saturated heterocycles. The van der Waals surface area contributed by atoms with Gasteiger partial charge in [-0.05, 0) is 43.2 Å². The third-order valence-electron chi connectivity index (χ3n) is 6.30. The molecule has 0 aliphatic heterocycles. The zero-order valence-corrected chi connectivity index (χ0v) is 19.6. The van der Waals surface area contributed by atoms with Crippen molar-refractivity contribution in [1.82, 2.24) is 35.1 Å². The Bertz CT molecular complexity index is 1740. The SMILES string of the molecule is OC(Nc1cncc(-c2cc3c(-c4nc5c(-c6ccc(F)s6)nccc5[nH]4)n[nH]c3cn2)c1)C1CC1. The normalized spacial score (nSPS) is 14.5. The minimum absolute atomic E-state index is 0.270. The molecule has 178 valence electrons. The summed E-state index contributed by atoms with van der Waals surface area (Å²) in [5.74, 6) is 0.871. The van der Waals surface area contributed by atoms with Crippen LogP contribution in [0.4, 0.5) is 10.1 Å². The number of hydrogen-bond donors (Lipinski definition) is 4. The number of imidazole rings is 1. The van der Waals surface area contributed by atoms with Gasteiger partial charge in [0.2, 0.25) is 0 Å². The Morgan fingerprint density at radius 3 is 2.81 bits per heavy atom. The molecule has 0 spiro atoms. The van der Waals surface area contributed by atoms with Gasteiger partial charge in [-0.1, -0.05) is 0 Å². The van der Waals surface area contributed by atoms with Gasteiger partial charge < -0.3 is 15.4 Å². The highest BCUT2D eigenvalue weighted by Gasteiger charge is 2.29. The summed E-state index contributed by atoms with van der Waals surface area (Å²) in [5, 5.41) is 21.4. The number of aromatic nitrogens is 7. The van der Waals surface area contributed by atoms with Crippen LogP contribution in [0.25, 0.3) is 55.3 Å². The molecule has 11 heteroatoms. The van der Waals surface area contributed by atoms with Gasteiger partial charge in [0.15, 0.2) is 11.0 Å². The van der Waals surface area contributed by atoms with Crippen LogP contribution < -0.4 is 5.32 Å². The van der Waals surface area contributed by atoms with Gasteiger partial charge in [0, 0.05) is 29.3 Å². The summed E-state index contributed by atoms with van der Waals surface area (Å²) in [7, 11) is 0. The summed E-state index contributed by atoms with van der Waals surface area (Å²) in [5.41, 5.74) is 5.73. The maximum atomic E-state index is 13.6. The van der Waals surface area contributed by atoms with Crippen LogP contribution in [0.1, 0.15) is 12.8 Å². The number of aliphatic hydroxyl groups is 1. The number of thiophene rings is 1. The average molecular weight is 499 g/mol. The Morgan fingerprint density at radius 2 is 1.97 bits per heavy atom. The van der Waals surface area contributed by atoms with Gasteiger partial charge in [0.05, 0.1) is 39.7 Å². The van der Waals surface area contributed by atoms with Crippen LogP contribution in [0.5, 0.6) is 0 Å². The number of anilines is 1. The van der Waals surface area contributed by atoms with E-state index in [9.17, 15) is 9.50 Å². The maximum Gasteiger partial charge on any atom is 0.177 e. The summed E-state index contributed by atoms with van der Waals surface area (Å²) in [6.07, 6.45) is 8.33. The Balaban J connectivity index is 1.28. The lowest BCUT2D eigenvalue weighted by Crippen LogP contribution is -2.20. The van der Waals surface area contributed by atoms with Crippen molar-refractivity contribution < 1.29 is 9.50 Å². The number of halogens is 1. The second-order valence-corrected chi connectivity index (χ2v) is 9.86. The molecule has 7 rings (SSSR count). The second-order valence-electron chi connectivity index (χ2n) is 8.82. The molecule has 1 aliphatic rings. The molecule has 6 aromatic rings. The van der Waals surface area contributed by atoms with Gasteiger partial charge in [-0.3, -0.25) is 20.1 Å². The van der Waals surface area contributed by atoms with Crippen LogP contribution in [0.3, 0.4) is 0 Å². The molecule has 1 fully saturated rings. The van der Waals surface area contributed by atoms with E-state index in [-0.39, 0.29) is 5.13 Å². The monoisotopic (exact) mass is 498 g/mol. The molecule has 0 bridgehead atoms. The van der Waals surface area contributed by atoms with Gasteiger partial charge in [0.25, 0.3) is 0 Å². The van der Waals surface area contributed by atoms with Crippen LogP contribution >= 0.6 is 11.3 Å². The fraction of sp³-hybridized carbons (Fsp3) is 0.160. The molecule has 36 heavy (non-hydrogen) atoms. The summed E-state index contributed by atoms with van der Waals surface area (Å²) in [6.45, 7) is 0. The Hall–Kier alpha value is -4.22. The first-order chi connectivity index (χ1) is 17.6. The predicted molar refractivity (Wildman–Crippen MR) is 136 cm³/mol. The molecule has 1 unspecified atom stereocenters. The maximum absolute atomic E-state index is 13.6. The van der Waals surface area contributed by atoms with E-state index < -0.39 is 6.23 Å². The van der Waals surface area contributed by atoms with E-state index in [0.717, 1.165) is 57.5 Å². The molecule has 6 aromatic heterocycles. The highest BCUT2D eigenvalue weighted by molar-refractivity contribution is 7.13. The lowest BCUT2D eigenvalue weighted by Gasteiger charge is -2.13. The van der Waals surface area contributed by atoms with Crippen molar-refractivity contribution in [2.75, 3.05) is 5.32 Å². The molecule has 0 amide bonds. The van der Waals surface area contributed by atoms with E-state index in [1.54, 1.807) is 30.9 Å². The number of aromatic amines is 2. The average Bonchev–Trinajstić information content (AvgIpc) is 3.30. The summed E-state index contributed by atoms with van der Waals surface area (Å²) < 4.78 is 13.6. The molecule has 6 heterocycles. The van der Waals surface area contributed by atoms with E-state index in [2.05, 4.69) is 35.5 Å². The third-order valence-corrected chi connectivity index (χ3v) is 7.18. The highest BCUT2D eigenvalue weighted by Crippen LogP contribution is 2.35. The smallest absolute Gasteiger partial charge is 0.177 e. The molecule has 1 atom stereocenters. The molecule has 0 aromatic carbocycles. The summed E-state index contributed by atoms with van der Waals surface area (Å²) in [4.78, 5) is 22.1. The van der Waals surface area contributed by atoms with Gasteiger partial charge >= 0.3 is 0 Å². The molecule has 9 nitrogen and oxygen atoms in total. The number of fused-ring (bicyclic) bond motifs is 2. The van der Waals surface area contributed by atoms with Gasteiger partial charge in [-0.2, -0.15) is 9.49 Å². The zero-order valence-electron chi connectivity index (χ0n) is 18.7. The molecule has 1 saturated carbocycles. The molecule has 0 radical (unpaired) electrons. The van der Waals surface area contributed by atoms with Crippen molar-refractivity contribution in [3.05, 3.63) is 60.3 Å². The van der Waals surface area contributed by atoms with Crippen LogP contribution in [0, 0.1) is 11.0 Å². The zero-order chi connectivity index (χ0) is 24.2. The standard InChI is InChI=1S/C25H19FN8OS/c26-20-4-3-19(36-20)23-22-16(5-6-28-23)31-24(32-22)21-15-8-17(29-11-18(15)33-34-21)13-7-14(10-27-9-13)30-25(35)12-1-2-12/h3-12,25,30,35H,1-2H2,(H,31,32)(H,33,34). The van der Waals surface area contributed by atoms with Gasteiger partial charge in [0.1, 0.15) is 23.1 Å². The van der Waals surface area contributed by atoms with Crippen molar-refractivity contribution in [3.63, 3.8) is 0 Å². The number of nitrogens with zero attached hydrogens (tertiary/aromatic N) is 5. The lowest BCUT2D eigenvalue weighted by molar-refractivity contribution is 0.180. The van der Waals surface area contributed by atoms with Gasteiger partial charge in [-0.15, -0.1) is 11.3 Å². The van der Waals surface area contributed by atoms with Crippen LogP contribution in [-0.2, 0) is 0 Å². The van der Waals surface area contributed by atoms with Gasteiger partial charge in [-0.25, -0.2) is 4.98 Å². The van der Waals surface area contributed by atoms with Crippen LogP contribution in [0.15, 0.2) is 55.1 Å². The minimum Gasteiger partial charge on any atom is -0.374 e. The Kier molecular flexibility index (Phi) is 4.79. The third kappa shape index (κ3) is 3.69. The topological polar surface area (TPSA) is 128 Å². The quantitative estimate of drug-likeness (QED) is 0.239. The minimum atomic E-state index is -0.573. The molecule has 1 aliphatic carbocycles. The van der Waals surface area contributed by atoms with Crippen LogP contribution in [0.2, 0.25) is 0 Å². The predicted octanol–water partition coefficient (Wildman–Crippen LogP) is 4.97. The van der Waals surface area contributed by atoms with Crippen molar-refractivity contribution in [2.45, 2.75) is 19.1 Å². The first-order valence-electron chi connectivity index (χ1n) is 11.5. The van der Waals surface area contributed by atoms with E-state index in [4.69, 9.17) is 4.98 Å². The Labute approximate surface area is 207 Å². The molecular weight excluding hydrogens is 479 g/mol. The van der Waals surface area contributed by atoms with E-state index >= 15 is 0 Å². The number of nitrogens with one attached hydrogen (secondary N) is 3. The van der Waals surface area contributed by atoms with Crippen molar-refractivity contribution in [1.29, 1.82) is 0 Å². The molecule has 4 N–H and O–H groups in total. The fourth-order valence-electron chi connectivity index (χ4n) is 4.28. The van der Waals surface area contributed by atoms with E-state index in [1.807, 2.05) is 18.2 Å². The summed E-state index contributed by atoms with van der Waals surface area (Å²) >= 11 is 1.03. The Morgan fingerprint density at radius 1 is 1.06 bits per heavy atom. The number of aliphatic hydroxyl groups excluding tert-OH is 1. The first-order valence-corrected chi connectivity index (χ1v) is 12.3. The number of pyridine rings is 3. The van der Waals surface area contributed by atoms with E-state index in [0.29, 0.717) is 33.5 Å². The largest absolute Gasteiger partial charge is 0.374 e. The number of hydrogen-bond acceptors (Lipinski definition) is 8. The van der Waals surface area contributed by atoms with Crippen molar-refractivity contribution >= 4 is 39.0 Å². The number of H-pyrrole nitrogens is 2.